The molecule has 0 aromatic heterocycles. The molecular weight excluding hydrogens is 240 g/mol. The van der Waals surface area contributed by atoms with Gasteiger partial charge in [0.05, 0.1) is 13.2 Å². The van der Waals surface area contributed by atoms with Crippen molar-refractivity contribution in [1.82, 2.24) is 0 Å². The summed E-state index contributed by atoms with van der Waals surface area (Å²) in [7, 11) is 0. The fourth-order valence-electron chi connectivity index (χ4n) is 0.696. The Bertz CT molecular complexity index is 231. The van der Waals surface area contributed by atoms with Crippen LogP contribution in [0.2, 0.25) is 0 Å². The summed E-state index contributed by atoms with van der Waals surface area (Å²) in [6.45, 7) is 9.45. The van der Waals surface area contributed by atoms with E-state index in [0.29, 0.717) is 19.8 Å². The molecule has 0 spiro atoms. The molecule has 0 atom stereocenters. The first kappa shape index (κ1) is 19.2. The maximum atomic E-state index is 10.6. The molecule has 6 nitrogen and oxygen atoms in total. The van der Waals surface area contributed by atoms with Gasteiger partial charge in [-0.05, 0) is 34.6 Å². The molecule has 0 aromatic rings. The highest BCUT2D eigenvalue weighted by atomic mass is 16.6. The summed E-state index contributed by atoms with van der Waals surface area (Å²) in [4.78, 5) is 21.0. The van der Waals surface area contributed by atoms with Crippen LogP contribution in [-0.4, -0.2) is 49.1 Å². The van der Waals surface area contributed by atoms with Crippen LogP contribution < -0.4 is 0 Å². The van der Waals surface area contributed by atoms with E-state index in [-0.39, 0.29) is 12.6 Å². The van der Waals surface area contributed by atoms with E-state index in [9.17, 15) is 9.59 Å². The quantitative estimate of drug-likeness (QED) is 0.718. The van der Waals surface area contributed by atoms with Crippen LogP contribution in [-0.2, 0) is 23.8 Å². The molecule has 0 unspecified atom stereocenters. The largest absolute Gasteiger partial charge is 0.464 e. The molecule has 0 bridgehead atoms. The van der Waals surface area contributed by atoms with Gasteiger partial charge in [-0.15, -0.1) is 0 Å². The first-order valence-corrected chi connectivity index (χ1v) is 5.92. The van der Waals surface area contributed by atoms with Gasteiger partial charge in [0.15, 0.2) is 5.60 Å². The summed E-state index contributed by atoms with van der Waals surface area (Å²) in [6.07, 6.45) is 0. The van der Waals surface area contributed by atoms with E-state index in [1.807, 2.05) is 6.92 Å². The number of esters is 2. The summed E-state index contributed by atoms with van der Waals surface area (Å²) >= 11 is 0. The normalized spacial score (nSPS) is 10.1. The Morgan fingerprint density at radius 3 is 1.78 bits per heavy atom. The minimum absolute atomic E-state index is 0.0737. The Morgan fingerprint density at radius 2 is 1.50 bits per heavy atom. The Labute approximate surface area is 108 Å². The van der Waals surface area contributed by atoms with Crippen molar-refractivity contribution in [2.45, 2.75) is 40.2 Å². The van der Waals surface area contributed by atoms with Crippen LogP contribution >= 0.6 is 0 Å². The summed E-state index contributed by atoms with van der Waals surface area (Å²) in [5, 5.41) is 8.94. The van der Waals surface area contributed by atoms with Crippen LogP contribution in [0.4, 0.5) is 0 Å². The van der Waals surface area contributed by atoms with E-state index in [0.717, 1.165) is 0 Å². The molecule has 0 aromatic carbocycles. The lowest BCUT2D eigenvalue weighted by Crippen LogP contribution is -2.32. The van der Waals surface area contributed by atoms with Crippen molar-refractivity contribution in [3.63, 3.8) is 0 Å². The second-order valence-electron chi connectivity index (χ2n) is 3.72. The number of hydrogen-bond donors (Lipinski definition) is 1. The smallest absolute Gasteiger partial charge is 0.337 e. The minimum Gasteiger partial charge on any atom is -0.464 e. The lowest BCUT2D eigenvalue weighted by molar-refractivity contribution is -0.161. The summed E-state index contributed by atoms with van der Waals surface area (Å²) < 4.78 is 13.9. The minimum atomic E-state index is -1.35. The highest BCUT2D eigenvalue weighted by Gasteiger charge is 2.24. The molecule has 0 saturated carbocycles. The molecular formula is C12H24O6. The molecule has 0 rings (SSSR count). The van der Waals surface area contributed by atoms with Gasteiger partial charge in [-0.3, -0.25) is 0 Å². The summed E-state index contributed by atoms with van der Waals surface area (Å²) in [5.74, 6) is -0.871. The van der Waals surface area contributed by atoms with Crippen molar-refractivity contribution in [3.05, 3.63) is 0 Å². The third-order valence-electron chi connectivity index (χ3n) is 1.50. The van der Waals surface area contributed by atoms with Crippen molar-refractivity contribution >= 4 is 11.9 Å². The van der Waals surface area contributed by atoms with Crippen molar-refractivity contribution in [3.8, 4) is 0 Å². The Morgan fingerprint density at radius 1 is 1.00 bits per heavy atom. The van der Waals surface area contributed by atoms with E-state index in [1.165, 1.54) is 13.8 Å². The van der Waals surface area contributed by atoms with E-state index < -0.39 is 11.6 Å². The van der Waals surface area contributed by atoms with Crippen molar-refractivity contribution in [2.24, 2.45) is 0 Å². The first-order chi connectivity index (χ1) is 8.29. The van der Waals surface area contributed by atoms with Gasteiger partial charge in [-0.1, -0.05) is 0 Å². The fourth-order valence-corrected chi connectivity index (χ4v) is 0.696. The zero-order valence-corrected chi connectivity index (χ0v) is 11.8. The number of carbonyl (C=O) groups excluding carboxylic acids is 2. The van der Waals surface area contributed by atoms with Crippen LogP contribution in [0.5, 0.6) is 0 Å². The number of carbonyl (C=O) groups is 2. The van der Waals surface area contributed by atoms with Crippen molar-refractivity contribution in [1.29, 1.82) is 0 Å². The van der Waals surface area contributed by atoms with Crippen LogP contribution in [0.3, 0.4) is 0 Å². The fraction of sp³-hybridized carbons (Fsp3) is 0.833. The average Bonchev–Trinajstić information content (AvgIpc) is 2.27. The van der Waals surface area contributed by atoms with Gasteiger partial charge in [0.2, 0.25) is 0 Å². The molecule has 1 N–H and O–H groups in total. The molecule has 0 saturated heterocycles. The Balaban J connectivity index is 0. The SMILES string of the molecule is CCOC(=O)C(C)(C)O.CCOCC(=O)OCC. The third kappa shape index (κ3) is 12.9. The molecule has 0 aliphatic rings. The van der Waals surface area contributed by atoms with Crippen LogP contribution in [0.1, 0.15) is 34.6 Å². The van der Waals surface area contributed by atoms with Crippen LogP contribution in [0.25, 0.3) is 0 Å². The molecule has 0 amide bonds. The monoisotopic (exact) mass is 264 g/mol. The predicted molar refractivity (Wildman–Crippen MR) is 66.1 cm³/mol. The maximum absolute atomic E-state index is 10.6. The summed E-state index contributed by atoms with van der Waals surface area (Å²) in [5.41, 5.74) is -1.35. The molecule has 0 heterocycles. The van der Waals surface area contributed by atoms with E-state index in [4.69, 9.17) is 9.84 Å². The van der Waals surface area contributed by atoms with Gasteiger partial charge >= 0.3 is 11.9 Å². The van der Waals surface area contributed by atoms with Gasteiger partial charge in [0, 0.05) is 6.61 Å². The number of rotatable bonds is 6. The number of ether oxygens (including phenoxy) is 3. The lowest BCUT2D eigenvalue weighted by Gasteiger charge is -2.13. The molecule has 0 aliphatic carbocycles. The van der Waals surface area contributed by atoms with E-state index in [2.05, 4.69) is 9.47 Å². The first-order valence-electron chi connectivity index (χ1n) is 5.92. The van der Waals surface area contributed by atoms with E-state index >= 15 is 0 Å². The molecule has 0 fully saturated rings. The third-order valence-corrected chi connectivity index (χ3v) is 1.50. The number of aliphatic hydroxyl groups is 1. The van der Waals surface area contributed by atoms with Crippen LogP contribution in [0, 0.1) is 0 Å². The zero-order valence-electron chi connectivity index (χ0n) is 11.8. The Kier molecular flexibility index (Phi) is 11.7. The molecule has 0 radical (unpaired) electrons. The van der Waals surface area contributed by atoms with Gasteiger partial charge in [-0.2, -0.15) is 0 Å². The van der Waals surface area contributed by atoms with E-state index in [1.54, 1.807) is 13.8 Å². The van der Waals surface area contributed by atoms with Crippen LogP contribution in [0.15, 0.2) is 0 Å². The number of hydrogen-bond acceptors (Lipinski definition) is 6. The maximum Gasteiger partial charge on any atom is 0.337 e. The molecule has 0 aliphatic heterocycles. The van der Waals surface area contributed by atoms with Crippen molar-refractivity contribution < 1.29 is 28.9 Å². The zero-order chi connectivity index (χ0) is 14.6. The van der Waals surface area contributed by atoms with Gasteiger partial charge in [0.1, 0.15) is 6.61 Å². The second-order valence-corrected chi connectivity index (χ2v) is 3.72. The second kappa shape index (κ2) is 11.0. The topological polar surface area (TPSA) is 82.1 Å². The molecule has 6 heteroatoms. The Hall–Kier alpha value is -1.14. The highest BCUT2D eigenvalue weighted by molar-refractivity contribution is 5.78. The molecule has 108 valence electrons. The standard InChI is InChI=1S/2C6H12O3/c1-4-9-5(7)6(2,3)8;1-3-8-5-6(7)9-4-2/h8H,4H2,1-3H3;3-5H2,1-2H3. The molecule has 18 heavy (non-hydrogen) atoms. The average molecular weight is 264 g/mol. The van der Waals surface area contributed by atoms with Gasteiger partial charge < -0.3 is 19.3 Å². The van der Waals surface area contributed by atoms with Gasteiger partial charge in [-0.25, -0.2) is 9.59 Å². The van der Waals surface area contributed by atoms with Crippen molar-refractivity contribution in [2.75, 3.05) is 26.4 Å². The summed E-state index contributed by atoms with van der Waals surface area (Å²) in [6, 6.07) is 0. The predicted octanol–water partition coefficient (Wildman–Crippen LogP) is 0.906. The van der Waals surface area contributed by atoms with Gasteiger partial charge in [0.25, 0.3) is 0 Å². The lowest BCUT2D eigenvalue weighted by atomic mass is 10.1. The highest BCUT2D eigenvalue weighted by Crippen LogP contribution is 2.02.